The highest BCUT2D eigenvalue weighted by Gasteiger charge is 2.16. The summed E-state index contributed by atoms with van der Waals surface area (Å²) in [6.45, 7) is 2.31. The zero-order valence-electron chi connectivity index (χ0n) is 14.7. The number of hydrogen-bond donors (Lipinski definition) is 2. The lowest BCUT2D eigenvalue weighted by Gasteiger charge is -2.09. The first kappa shape index (κ1) is 17.8. The Morgan fingerprint density at radius 1 is 1.23 bits per heavy atom. The fraction of sp³-hybridized carbons (Fsp3) is 0.222. The second-order valence-corrected chi connectivity index (χ2v) is 6.42. The Balaban J connectivity index is 1.71. The number of methoxy groups -OCH3 is 2. The summed E-state index contributed by atoms with van der Waals surface area (Å²) in [7, 11) is 3.12. The number of carbonyl (C=O) groups excluding carboxylic acids is 1. The SMILES string of the molecule is COc1cc(NC(=O)c2sc(NCc3ccco3)nc2C)cc(OC)c1. The summed E-state index contributed by atoms with van der Waals surface area (Å²) in [6, 6.07) is 8.90. The van der Waals surface area contributed by atoms with E-state index in [0.29, 0.717) is 39.4 Å². The van der Waals surface area contributed by atoms with Gasteiger partial charge in [-0.25, -0.2) is 4.98 Å². The number of rotatable bonds is 7. The number of nitrogens with one attached hydrogen (secondary N) is 2. The van der Waals surface area contributed by atoms with Crippen molar-refractivity contribution < 1.29 is 18.7 Å². The Hall–Kier alpha value is -3.00. The van der Waals surface area contributed by atoms with E-state index in [0.717, 1.165) is 5.76 Å². The molecular weight excluding hydrogens is 354 g/mol. The number of carbonyl (C=O) groups is 1. The van der Waals surface area contributed by atoms with Gasteiger partial charge in [-0.05, 0) is 19.1 Å². The van der Waals surface area contributed by atoms with Gasteiger partial charge in [-0.1, -0.05) is 11.3 Å². The highest BCUT2D eigenvalue weighted by molar-refractivity contribution is 7.17. The lowest BCUT2D eigenvalue weighted by Crippen LogP contribution is -2.11. The van der Waals surface area contributed by atoms with Gasteiger partial charge in [0, 0.05) is 23.9 Å². The van der Waals surface area contributed by atoms with Crippen molar-refractivity contribution in [2.45, 2.75) is 13.5 Å². The predicted octanol–water partition coefficient (Wildman–Crippen LogP) is 3.93. The number of nitrogens with zero attached hydrogens (tertiary/aromatic N) is 1. The number of hydrogen-bond acceptors (Lipinski definition) is 7. The fourth-order valence-corrected chi connectivity index (χ4v) is 3.18. The molecule has 0 aliphatic carbocycles. The third kappa shape index (κ3) is 4.15. The van der Waals surface area contributed by atoms with Crippen molar-refractivity contribution in [2.24, 2.45) is 0 Å². The monoisotopic (exact) mass is 373 g/mol. The maximum absolute atomic E-state index is 12.6. The first-order chi connectivity index (χ1) is 12.6. The van der Waals surface area contributed by atoms with Gasteiger partial charge in [0.05, 0.1) is 32.7 Å². The van der Waals surface area contributed by atoms with Crippen LogP contribution in [0.1, 0.15) is 21.1 Å². The Kier molecular flexibility index (Phi) is 5.43. The molecule has 0 radical (unpaired) electrons. The van der Waals surface area contributed by atoms with Crippen LogP contribution < -0.4 is 20.1 Å². The molecule has 0 aliphatic heterocycles. The lowest BCUT2D eigenvalue weighted by atomic mass is 10.2. The van der Waals surface area contributed by atoms with Gasteiger partial charge in [0.2, 0.25) is 0 Å². The van der Waals surface area contributed by atoms with Crippen LogP contribution in [-0.4, -0.2) is 25.1 Å². The summed E-state index contributed by atoms with van der Waals surface area (Å²) < 4.78 is 15.7. The topological polar surface area (TPSA) is 85.6 Å². The van der Waals surface area contributed by atoms with Crippen LogP contribution in [0.3, 0.4) is 0 Å². The number of ether oxygens (including phenoxy) is 2. The van der Waals surface area contributed by atoms with E-state index in [-0.39, 0.29) is 5.91 Å². The van der Waals surface area contributed by atoms with Crippen LogP contribution in [0.15, 0.2) is 41.0 Å². The number of benzene rings is 1. The molecule has 1 aromatic carbocycles. The Labute approximate surface area is 155 Å². The molecule has 3 rings (SSSR count). The van der Waals surface area contributed by atoms with Gasteiger partial charge in [0.15, 0.2) is 5.13 Å². The van der Waals surface area contributed by atoms with Gasteiger partial charge >= 0.3 is 0 Å². The van der Waals surface area contributed by atoms with Crippen molar-refractivity contribution in [1.29, 1.82) is 0 Å². The molecule has 1 amide bonds. The van der Waals surface area contributed by atoms with Gasteiger partial charge in [-0.15, -0.1) is 0 Å². The van der Waals surface area contributed by atoms with Gasteiger partial charge in [-0.2, -0.15) is 0 Å². The van der Waals surface area contributed by atoms with Gasteiger partial charge < -0.3 is 24.5 Å². The van der Waals surface area contributed by atoms with E-state index in [1.165, 1.54) is 11.3 Å². The van der Waals surface area contributed by atoms with Crippen LogP contribution >= 0.6 is 11.3 Å². The molecule has 0 aliphatic rings. The van der Waals surface area contributed by atoms with Crippen LogP contribution in [0.4, 0.5) is 10.8 Å². The molecule has 3 aromatic rings. The normalized spacial score (nSPS) is 10.4. The molecule has 7 nitrogen and oxygen atoms in total. The minimum absolute atomic E-state index is 0.235. The second-order valence-electron chi connectivity index (χ2n) is 5.42. The molecule has 136 valence electrons. The van der Waals surface area contributed by atoms with Crippen molar-refractivity contribution in [3.05, 3.63) is 52.9 Å². The molecule has 2 heterocycles. The van der Waals surface area contributed by atoms with Crippen LogP contribution in [0.2, 0.25) is 0 Å². The van der Waals surface area contributed by atoms with Crippen LogP contribution in [0, 0.1) is 6.92 Å². The van der Waals surface area contributed by atoms with Crippen LogP contribution in [0.25, 0.3) is 0 Å². The lowest BCUT2D eigenvalue weighted by molar-refractivity contribution is 0.103. The standard InChI is InChI=1S/C18H19N3O4S/c1-11-16(26-18(20-11)19-10-13-5-4-6-25-13)17(22)21-12-7-14(23-2)9-15(8-12)24-3/h4-9H,10H2,1-3H3,(H,19,20)(H,21,22). The van der Waals surface area contributed by atoms with Gasteiger partial charge in [0.25, 0.3) is 5.91 Å². The molecule has 0 bridgehead atoms. The molecule has 0 spiro atoms. The highest BCUT2D eigenvalue weighted by atomic mass is 32.1. The fourth-order valence-electron chi connectivity index (χ4n) is 2.33. The molecule has 0 atom stereocenters. The van der Waals surface area contributed by atoms with E-state index in [9.17, 15) is 4.79 Å². The third-order valence-corrected chi connectivity index (χ3v) is 4.72. The summed E-state index contributed by atoms with van der Waals surface area (Å²) in [5.41, 5.74) is 1.24. The van der Waals surface area contributed by atoms with E-state index < -0.39 is 0 Å². The molecule has 0 saturated carbocycles. The van der Waals surface area contributed by atoms with E-state index in [4.69, 9.17) is 13.9 Å². The average molecular weight is 373 g/mol. The predicted molar refractivity (Wildman–Crippen MR) is 100 cm³/mol. The molecule has 0 fully saturated rings. The van der Waals surface area contributed by atoms with Crippen LogP contribution in [0.5, 0.6) is 11.5 Å². The second kappa shape index (κ2) is 7.92. The van der Waals surface area contributed by atoms with Gasteiger partial charge in [-0.3, -0.25) is 4.79 Å². The van der Waals surface area contributed by atoms with Crippen molar-refractivity contribution >= 4 is 28.1 Å². The maximum Gasteiger partial charge on any atom is 0.267 e. The highest BCUT2D eigenvalue weighted by Crippen LogP contribution is 2.28. The number of amides is 1. The van der Waals surface area contributed by atoms with Gasteiger partial charge in [0.1, 0.15) is 22.1 Å². The Bertz CT molecular complexity index is 868. The Morgan fingerprint density at radius 3 is 2.58 bits per heavy atom. The molecule has 26 heavy (non-hydrogen) atoms. The van der Waals surface area contributed by atoms with Crippen molar-refractivity contribution in [1.82, 2.24) is 4.98 Å². The summed E-state index contributed by atoms with van der Waals surface area (Å²) in [4.78, 5) is 17.5. The van der Waals surface area contributed by atoms with Crippen LogP contribution in [-0.2, 0) is 6.54 Å². The maximum atomic E-state index is 12.6. The first-order valence-electron chi connectivity index (χ1n) is 7.87. The smallest absolute Gasteiger partial charge is 0.267 e. The zero-order chi connectivity index (χ0) is 18.5. The molecule has 0 saturated heterocycles. The molecule has 2 aromatic heterocycles. The average Bonchev–Trinajstić information content (AvgIpc) is 3.28. The zero-order valence-corrected chi connectivity index (χ0v) is 15.5. The molecule has 0 unspecified atom stereocenters. The quantitative estimate of drug-likeness (QED) is 0.653. The summed E-state index contributed by atoms with van der Waals surface area (Å²) >= 11 is 1.29. The number of furan rings is 1. The van der Waals surface area contributed by atoms with E-state index in [2.05, 4.69) is 15.6 Å². The minimum Gasteiger partial charge on any atom is -0.497 e. The molecular formula is C18H19N3O4S. The van der Waals surface area contributed by atoms with E-state index in [1.807, 2.05) is 12.1 Å². The number of aromatic nitrogens is 1. The molecule has 2 N–H and O–H groups in total. The minimum atomic E-state index is -0.235. The Morgan fingerprint density at radius 2 is 1.96 bits per heavy atom. The number of thiazole rings is 1. The first-order valence-corrected chi connectivity index (χ1v) is 8.69. The third-order valence-electron chi connectivity index (χ3n) is 3.61. The summed E-state index contributed by atoms with van der Waals surface area (Å²) in [5, 5.41) is 6.67. The van der Waals surface area contributed by atoms with Crippen molar-refractivity contribution in [3.63, 3.8) is 0 Å². The summed E-state index contributed by atoms with van der Waals surface area (Å²) in [5.74, 6) is 1.76. The number of aryl methyl sites for hydroxylation is 1. The van der Waals surface area contributed by atoms with E-state index >= 15 is 0 Å². The van der Waals surface area contributed by atoms with Crippen molar-refractivity contribution in [2.75, 3.05) is 24.9 Å². The summed E-state index contributed by atoms with van der Waals surface area (Å²) in [6.07, 6.45) is 1.62. The number of anilines is 2. The molecule has 8 heteroatoms. The largest absolute Gasteiger partial charge is 0.497 e. The van der Waals surface area contributed by atoms with E-state index in [1.54, 1.807) is 45.6 Å². The van der Waals surface area contributed by atoms with Crippen molar-refractivity contribution in [3.8, 4) is 11.5 Å².